The molecule has 0 aliphatic rings. The van der Waals surface area contributed by atoms with Crippen molar-refractivity contribution in [3.63, 3.8) is 0 Å². The van der Waals surface area contributed by atoms with E-state index in [2.05, 4.69) is 31.8 Å². The molecule has 1 aromatic heterocycles. The number of nitrogens with one attached hydrogen (secondary N) is 1. The molecule has 0 bridgehead atoms. The van der Waals surface area contributed by atoms with Crippen LogP contribution in [0.25, 0.3) is 0 Å². The number of hydrazine groups is 1. The zero-order valence-corrected chi connectivity index (χ0v) is 21.7. The molecule has 1 heterocycles. The Hall–Kier alpha value is -3.02. The van der Waals surface area contributed by atoms with Gasteiger partial charge < -0.3 is 15.9 Å². The molecule has 0 fully saturated rings. The van der Waals surface area contributed by atoms with Crippen LogP contribution in [-0.2, 0) is 15.3 Å². The first kappa shape index (κ1) is 29.0. The number of carbonyl (C=O) groups excluding carboxylic acids is 1. The topological polar surface area (TPSA) is 134 Å². The summed E-state index contributed by atoms with van der Waals surface area (Å²) < 4.78 is 4.55. The first-order valence-corrected chi connectivity index (χ1v) is 11.7. The van der Waals surface area contributed by atoms with E-state index in [4.69, 9.17) is 23.3 Å². The van der Waals surface area contributed by atoms with E-state index in [-0.39, 0.29) is 5.60 Å². The summed E-state index contributed by atoms with van der Waals surface area (Å²) in [7, 11) is 3.49. The van der Waals surface area contributed by atoms with Gasteiger partial charge >= 0.3 is 0 Å². The lowest BCUT2D eigenvalue weighted by Gasteiger charge is -2.30. The number of nitrogens with two attached hydrogens (primary N) is 2. The largest absolute Gasteiger partial charge is 0.462 e. The summed E-state index contributed by atoms with van der Waals surface area (Å²) in [4.78, 5) is 20.0. The number of aromatic nitrogens is 1. The Morgan fingerprint density at radius 1 is 1.32 bits per heavy atom. The molecule has 0 aliphatic heterocycles. The van der Waals surface area contributed by atoms with Crippen LogP contribution in [0.4, 0.5) is 17.2 Å². The number of carbonyl (C=O) groups is 1. The van der Waals surface area contributed by atoms with Crippen molar-refractivity contribution in [2.45, 2.75) is 32.1 Å². The van der Waals surface area contributed by atoms with Gasteiger partial charge in [-0.1, -0.05) is 23.7 Å². The lowest BCUT2D eigenvalue weighted by molar-refractivity contribution is -0.138. The third kappa shape index (κ3) is 9.46. The lowest BCUT2D eigenvalue weighted by atomic mass is 10.2. The van der Waals surface area contributed by atoms with Crippen molar-refractivity contribution in [2.24, 2.45) is 21.8 Å². The number of hydrogen-bond donors (Lipinski definition) is 3. The van der Waals surface area contributed by atoms with Crippen molar-refractivity contribution in [3.8, 4) is 0 Å². The quantitative estimate of drug-likeness (QED) is 0.121. The van der Waals surface area contributed by atoms with Crippen LogP contribution >= 0.6 is 23.4 Å². The Morgan fingerprint density at radius 2 is 2.00 bits per heavy atom. The summed E-state index contributed by atoms with van der Waals surface area (Å²) in [6, 6.07) is 11.2. The number of nitrogens with zero attached hydrogens (tertiary/aromatic N) is 5. The Labute approximate surface area is 210 Å². The molecule has 12 heteroatoms. The normalized spacial score (nSPS) is 11.1. The second-order valence-corrected chi connectivity index (χ2v) is 9.16. The number of anilines is 2. The van der Waals surface area contributed by atoms with E-state index in [1.165, 1.54) is 5.01 Å². The number of aliphatic imine (C=N–C) groups is 1. The lowest BCUT2D eigenvalue weighted by Crippen LogP contribution is -2.47. The Bertz CT molecular complexity index is 966. The van der Waals surface area contributed by atoms with Crippen molar-refractivity contribution >= 4 is 59.7 Å². The number of para-hydroxylation sites is 1. The van der Waals surface area contributed by atoms with E-state index in [0.717, 1.165) is 11.5 Å². The number of hydrazone groups is 1. The first-order valence-electron chi connectivity index (χ1n) is 10.2. The summed E-state index contributed by atoms with van der Waals surface area (Å²) in [5, 5.41) is 8.68. The molecular weight excluding hydrogens is 476 g/mol. The van der Waals surface area contributed by atoms with Gasteiger partial charge in [0.15, 0.2) is 0 Å². The fraction of sp³-hybridized carbons (Fsp3) is 0.364. The van der Waals surface area contributed by atoms with Crippen LogP contribution in [0.1, 0.15) is 26.5 Å². The van der Waals surface area contributed by atoms with Gasteiger partial charge in [-0.05, 0) is 51.8 Å². The summed E-state index contributed by atoms with van der Waals surface area (Å²) >= 11 is 8.04. The predicted molar refractivity (Wildman–Crippen MR) is 144 cm³/mol. The van der Waals surface area contributed by atoms with Crippen LogP contribution in [0.3, 0.4) is 0 Å². The minimum Gasteiger partial charge on any atom is -0.462 e. The Balaban J connectivity index is 0.000000718. The molecule has 0 saturated heterocycles. The summed E-state index contributed by atoms with van der Waals surface area (Å²) in [5.74, 6) is 13.8. The van der Waals surface area contributed by atoms with Crippen molar-refractivity contribution in [1.29, 1.82) is 0 Å². The van der Waals surface area contributed by atoms with Crippen LogP contribution in [0.2, 0.25) is 5.02 Å². The molecule has 1 aromatic carbocycles. The number of rotatable bonds is 8. The second kappa shape index (κ2) is 14.3. The van der Waals surface area contributed by atoms with Gasteiger partial charge in [-0.3, -0.25) is 19.7 Å². The third-order valence-electron chi connectivity index (χ3n) is 4.01. The highest BCUT2D eigenvalue weighted by Gasteiger charge is 2.22. The van der Waals surface area contributed by atoms with Crippen LogP contribution in [0.15, 0.2) is 46.5 Å². The Morgan fingerprint density at radius 3 is 2.50 bits per heavy atom. The highest BCUT2D eigenvalue weighted by atomic mass is 35.5. The van der Waals surface area contributed by atoms with Gasteiger partial charge in [-0.2, -0.15) is 0 Å². The molecule has 0 radical (unpaired) electrons. The zero-order chi connectivity index (χ0) is 25.7. The standard InChI is InChI=1S/C17H23ClN8S.C5H10O2/c1-21-14-8-5-7-13(18)16(14)26(17(24-19)25(3)20)11-27-10-12-6-4-9-15(22-2)23-12;1-5(2,3)7-4-6/h4-9H,1,10-11,19-20H2,2-3H3,(H,22,23);4H,1-3H3/b24-17+;. The molecule has 10 nitrogen and oxygen atoms in total. The molecule has 186 valence electrons. The number of guanidine groups is 1. The second-order valence-electron chi connectivity index (χ2n) is 7.80. The molecule has 34 heavy (non-hydrogen) atoms. The fourth-order valence-electron chi connectivity index (χ4n) is 2.56. The minimum atomic E-state index is -0.318. The number of thioether (sulfide) groups is 1. The monoisotopic (exact) mass is 508 g/mol. The smallest absolute Gasteiger partial charge is 0.293 e. The fourth-order valence-corrected chi connectivity index (χ4v) is 3.72. The Kier molecular flexibility index (Phi) is 12.2. The maximum absolute atomic E-state index is 9.60. The highest BCUT2D eigenvalue weighted by Crippen LogP contribution is 2.37. The van der Waals surface area contributed by atoms with Crippen LogP contribution < -0.4 is 21.9 Å². The van der Waals surface area contributed by atoms with Crippen molar-refractivity contribution in [2.75, 3.05) is 30.2 Å². The molecule has 0 unspecified atom stereocenters. The first-order chi connectivity index (χ1) is 16.1. The van der Waals surface area contributed by atoms with Gasteiger partial charge in [-0.25, -0.2) is 10.8 Å². The third-order valence-corrected chi connectivity index (χ3v) is 5.26. The average Bonchev–Trinajstić information content (AvgIpc) is 2.78. The van der Waals surface area contributed by atoms with Crippen LogP contribution in [0.5, 0.6) is 0 Å². The van der Waals surface area contributed by atoms with Crippen molar-refractivity contribution < 1.29 is 9.53 Å². The van der Waals surface area contributed by atoms with E-state index >= 15 is 0 Å². The van der Waals surface area contributed by atoms with Gasteiger partial charge in [-0.15, -0.1) is 16.9 Å². The number of ether oxygens (including phenoxy) is 1. The van der Waals surface area contributed by atoms with E-state index in [1.54, 1.807) is 35.8 Å². The number of benzene rings is 1. The molecule has 0 aliphatic carbocycles. The molecule has 2 rings (SSSR count). The average molecular weight is 509 g/mol. The molecule has 0 saturated carbocycles. The van der Waals surface area contributed by atoms with Crippen molar-refractivity contribution in [1.82, 2.24) is 9.99 Å². The molecule has 2 aromatic rings. The number of hydrogen-bond acceptors (Lipinski definition) is 9. The molecule has 0 amide bonds. The molecular formula is C22H33ClN8O2S. The molecule has 0 atom stereocenters. The van der Waals surface area contributed by atoms with Gasteiger partial charge in [0.25, 0.3) is 6.47 Å². The van der Waals surface area contributed by atoms with Gasteiger partial charge in [0.1, 0.15) is 11.4 Å². The van der Waals surface area contributed by atoms with Gasteiger partial charge in [0.2, 0.25) is 5.96 Å². The summed E-state index contributed by atoms with van der Waals surface area (Å²) in [5.41, 5.74) is 1.88. The van der Waals surface area contributed by atoms with E-state index in [0.29, 0.717) is 40.5 Å². The van der Waals surface area contributed by atoms with Crippen LogP contribution in [0, 0.1) is 0 Å². The van der Waals surface area contributed by atoms with Crippen molar-refractivity contribution in [3.05, 3.63) is 47.1 Å². The van der Waals surface area contributed by atoms with Crippen LogP contribution in [-0.4, -0.2) is 54.7 Å². The summed E-state index contributed by atoms with van der Waals surface area (Å²) in [6.07, 6.45) is 0. The maximum Gasteiger partial charge on any atom is 0.293 e. The summed E-state index contributed by atoms with van der Waals surface area (Å²) in [6.45, 7) is 9.54. The van der Waals surface area contributed by atoms with E-state index in [9.17, 15) is 4.79 Å². The van der Waals surface area contributed by atoms with Gasteiger partial charge in [0.05, 0.1) is 28.0 Å². The van der Waals surface area contributed by atoms with Gasteiger partial charge in [0, 0.05) is 19.8 Å². The number of halogens is 1. The van der Waals surface area contributed by atoms with E-state index in [1.807, 2.05) is 52.1 Å². The highest BCUT2D eigenvalue weighted by molar-refractivity contribution is 7.98. The maximum atomic E-state index is 9.60. The van der Waals surface area contributed by atoms with E-state index < -0.39 is 0 Å². The molecule has 5 N–H and O–H groups in total. The number of pyridine rings is 1. The predicted octanol–water partition coefficient (Wildman–Crippen LogP) is 3.80. The minimum absolute atomic E-state index is 0.318. The molecule has 0 spiro atoms. The SMILES string of the molecule is C=Nc1cccc(Cl)c1N(CSCc1cccc(NC)n1)/C(=N/N)N(C)N.CC(C)(C)OC=O. The zero-order valence-electron chi connectivity index (χ0n) is 20.2.